The van der Waals surface area contributed by atoms with Gasteiger partial charge in [-0.3, -0.25) is 4.79 Å². The minimum atomic E-state index is -0.115. The van der Waals surface area contributed by atoms with Crippen LogP contribution in [0.1, 0.15) is 22.8 Å². The Morgan fingerprint density at radius 1 is 1.14 bits per heavy atom. The average Bonchev–Trinajstić information content (AvgIpc) is 2.52. The predicted molar refractivity (Wildman–Crippen MR) is 84.3 cm³/mol. The second kappa shape index (κ2) is 6.79. The molecule has 0 aromatic heterocycles. The quantitative estimate of drug-likeness (QED) is 0.859. The third-order valence-corrected chi connectivity index (χ3v) is 3.38. The maximum Gasteiger partial charge on any atom is 0.260 e. The summed E-state index contributed by atoms with van der Waals surface area (Å²) in [4.78, 5) is 14.5. The van der Waals surface area contributed by atoms with Gasteiger partial charge < -0.3 is 15.4 Å². The van der Waals surface area contributed by atoms with Crippen LogP contribution < -0.4 is 10.5 Å². The molecule has 1 amide bonds. The van der Waals surface area contributed by atoms with Crippen LogP contribution in [-0.2, 0) is 6.54 Å². The molecule has 0 aliphatic carbocycles. The van der Waals surface area contributed by atoms with E-state index >= 15 is 0 Å². The fourth-order valence-corrected chi connectivity index (χ4v) is 2.24. The molecule has 0 heterocycles. The summed E-state index contributed by atoms with van der Waals surface area (Å²) in [5.41, 5.74) is 7.91. The zero-order valence-corrected chi connectivity index (χ0v) is 12.4. The van der Waals surface area contributed by atoms with E-state index in [0.717, 1.165) is 5.56 Å². The molecule has 0 atom stereocenters. The van der Waals surface area contributed by atoms with E-state index in [4.69, 9.17) is 10.5 Å². The number of amides is 1. The van der Waals surface area contributed by atoms with E-state index in [-0.39, 0.29) is 5.91 Å². The molecule has 110 valence electrons. The molecule has 2 N–H and O–H groups in total. The lowest BCUT2D eigenvalue weighted by Gasteiger charge is -2.23. The van der Waals surface area contributed by atoms with Gasteiger partial charge in [0.25, 0.3) is 5.91 Å². The minimum absolute atomic E-state index is 0.115. The van der Waals surface area contributed by atoms with Crippen LogP contribution in [-0.4, -0.2) is 24.5 Å². The monoisotopic (exact) mass is 284 g/mol. The van der Waals surface area contributed by atoms with Crippen molar-refractivity contribution in [2.45, 2.75) is 13.5 Å². The standard InChI is InChI=1S/C17H20N2O2/c1-3-19(12-13-8-5-4-6-9-13)17(20)16-14(18)10-7-11-15(16)21-2/h4-11H,3,12,18H2,1-2H3. The van der Waals surface area contributed by atoms with E-state index in [2.05, 4.69) is 0 Å². The van der Waals surface area contributed by atoms with Crippen molar-refractivity contribution in [2.24, 2.45) is 0 Å². The first kappa shape index (κ1) is 14.9. The zero-order chi connectivity index (χ0) is 15.2. The van der Waals surface area contributed by atoms with Gasteiger partial charge in [0.1, 0.15) is 11.3 Å². The third-order valence-electron chi connectivity index (χ3n) is 3.38. The molecule has 0 saturated heterocycles. The Hall–Kier alpha value is -2.49. The van der Waals surface area contributed by atoms with Crippen LogP contribution in [0.25, 0.3) is 0 Å². The number of hydrogen-bond donors (Lipinski definition) is 1. The van der Waals surface area contributed by atoms with E-state index in [1.54, 1.807) is 30.2 Å². The molecule has 2 rings (SSSR count). The first-order chi connectivity index (χ1) is 10.2. The van der Waals surface area contributed by atoms with Gasteiger partial charge in [-0.25, -0.2) is 0 Å². The van der Waals surface area contributed by atoms with Crippen molar-refractivity contribution in [3.8, 4) is 5.75 Å². The highest BCUT2D eigenvalue weighted by Crippen LogP contribution is 2.26. The van der Waals surface area contributed by atoms with Gasteiger partial charge in [-0.05, 0) is 24.6 Å². The van der Waals surface area contributed by atoms with E-state index in [1.807, 2.05) is 37.3 Å². The Balaban J connectivity index is 2.29. The smallest absolute Gasteiger partial charge is 0.260 e. The van der Waals surface area contributed by atoms with Crippen molar-refractivity contribution in [1.82, 2.24) is 4.90 Å². The molecule has 0 spiro atoms. The number of hydrogen-bond acceptors (Lipinski definition) is 3. The maximum absolute atomic E-state index is 12.7. The number of methoxy groups -OCH3 is 1. The number of nitrogens with two attached hydrogens (primary N) is 1. The van der Waals surface area contributed by atoms with Gasteiger partial charge in [-0.2, -0.15) is 0 Å². The Labute approximate surface area is 125 Å². The summed E-state index contributed by atoms with van der Waals surface area (Å²) in [6.07, 6.45) is 0. The second-order valence-electron chi connectivity index (χ2n) is 4.73. The van der Waals surface area contributed by atoms with Crippen LogP contribution in [0.4, 0.5) is 5.69 Å². The molecule has 2 aromatic rings. The number of nitrogen functional groups attached to an aromatic ring is 1. The van der Waals surface area contributed by atoms with Gasteiger partial charge in [0, 0.05) is 18.8 Å². The van der Waals surface area contributed by atoms with Gasteiger partial charge in [-0.15, -0.1) is 0 Å². The molecule has 4 heteroatoms. The van der Waals surface area contributed by atoms with Crippen molar-refractivity contribution >= 4 is 11.6 Å². The topological polar surface area (TPSA) is 55.6 Å². The van der Waals surface area contributed by atoms with E-state index < -0.39 is 0 Å². The highest BCUT2D eigenvalue weighted by atomic mass is 16.5. The average molecular weight is 284 g/mol. The lowest BCUT2D eigenvalue weighted by Crippen LogP contribution is -2.31. The Morgan fingerprint density at radius 3 is 2.48 bits per heavy atom. The fraction of sp³-hybridized carbons (Fsp3) is 0.235. The first-order valence-electron chi connectivity index (χ1n) is 6.93. The molecular formula is C17H20N2O2. The van der Waals surface area contributed by atoms with Gasteiger partial charge in [0.05, 0.1) is 7.11 Å². The van der Waals surface area contributed by atoms with Crippen LogP contribution in [0.5, 0.6) is 5.75 Å². The molecule has 2 aromatic carbocycles. The van der Waals surface area contributed by atoms with E-state index in [1.165, 1.54) is 0 Å². The van der Waals surface area contributed by atoms with Crippen LogP contribution in [0.3, 0.4) is 0 Å². The summed E-state index contributed by atoms with van der Waals surface area (Å²) >= 11 is 0. The van der Waals surface area contributed by atoms with Crippen molar-refractivity contribution in [1.29, 1.82) is 0 Å². The van der Waals surface area contributed by atoms with Crippen molar-refractivity contribution in [3.63, 3.8) is 0 Å². The highest BCUT2D eigenvalue weighted by Gasteiger charge is 2.21. The van der Waals surface area contributed by atoms with Crippen molar-refractivity contribution < 1.29 is 9.53 Å². The summed E-state index contributed by atoms with van der Waals surface area (Å²) < 4.78 is 5.26. The number of nitrogens with zero attached hydrogens (tertiary/aromatic N) is 1. The summed E-state index contributed by atoms with van der Waals surface area (Å²) in [6.45, 7) is 3.10. The Bertz CT molecular complexity index is 611. The number of carbonyl (C=O) groups excluding carboxylic acids is 1. The Kier molecular flexibility index (Phi) is 4.82. The largest absolute Gasteiger partial charge is 0.496 e. The first-order valence-corrected chi connectivity index (χ1v) is 6.93. The summed E-state index contributed by atoms with van der Waals surface area (Å²) in [5.74, 6) is 0.391. The van der Waals surface area contributed by atoms with E-state index in [0.29, 0.717) is 30.1 Å². The van der Waals surface area contributed by atoms with Gasteiger partial charge in [0.2, 0.25) is 0 Å². The number of carbonyl (C=O) groups is 1. The Morgan fingerprint density at radius 2 is 1.86 bits per heavy atom. The lowest BCUT2D eigenvalue weighted by atomic mass is 10.1. The number of anilines is 1. The number of rotatable bonds is 5. The highest BCUT2D eigenvalue weighted by molar-refractivity contribution is 6.01. The predicted octanol–water partition coefficient (Wildman–Crippen LogP) is 2.94. The summed E-state index contributed by atoms with van der Waals surface area (Å²) in [6, 6.07) is 15.1. The number of ether oxygens (including phenoxy) is 1. The minimum Gasteiger partial charge on any atom is -0.496 e. The SMILES string of the molecule is CCN(Cc1ccccc1)C(=O)c1c(N)cccc1OC. The number of benzene rings is 2. The van der Waals surface area contributed by atoms with Gasteiger partial charge >= 0.3 is 0 Å². The third kappa shape index (κ3) is 3.34. The molecular weight excluding hydrogens is 264 g/mol. The van der Waals surface area contributed by atoms with Crippen molar-refractivity contribution in [3.05, 3.63) is 59.7 Å². The zero-order valence-electron chi connectivity index (χ0n) is 12.4. The molecule has 0 unspecified atom stereocenters. The molecule has 0 saturated carbocycles. The second-order valence-corrected chi connectivity index (χ2v) is 4.73. The molecule has 0 fully saturated rings. The van der Waals surface area contributed by atoms with Crippen molar-refractivity contribution in [2.75, 3.05) is 19.4 Å². The molecule has 0 bridgehead atoms. The molecule has 0 aliphatic heterocycles. The summed E-state index contributed by atoms with van der Waals surface area (Å²) in [7, 11) is 1.54. The molecule has 0 radical (unpaired) electrons. The van der Waals surface area contributed by atoms with Crippen LogP contribution in [0.2, 0.25) is 0 Å². The summed E-state index contributed by atoms with van der Waals surface area (Å²) in [5, 5.41) is 0. The van der Waals surface area contributed by atoms with Crippen LogP contribution in [0.15, 0.2) is 48.5 Å². The molecule has 21 heavy (non-hydrogen) atoms. The normalized spacial score (nSPS) is 10.2. The van der Waals surface area contributed by atoms with Crippen LogP contribution in [0, 0.1) is 0 Å². The lowest BCUT2D eigenvalue weighted by molar-refractivity contribution is 0.0750. The van der Waals surface area contributed by atoms with Gasteiger partial charge in [-0.1, -0.05) is 36.4 Å². The van der Waals surface area contributed by atoms with E-state index in [9.17, 15) is 4.79 Å². The van der Waals surface area contributed by atoms with Gasteiger partial charge in [0.15, 0.2) is 0 Å². The fourth-order valence-electron chi connectivity index (χ4n) is 2.24. The maximum atomic E-state index is 12.7. The molecule has 4 nitrogen and oxygen atoms in total. The van der Waals surface area contributed by atoms with Crippen LogP contribution >= 0.6 is 0 Å². The molecule has 0 aliphatic rings.